The van der Waals surface area contributed by atoms with Gasteiger partial charge in [-0.3, -0.25) is 9.59 Å². The van der Waals surface area contributed by atoms with Crippen molar-refractivity contribution in [2.75, 3.05) is 13.2 Å². The molecule has 29 heavy (non-hydrogen) atoms. The first-order chi connectivity index (χ1) is 14.1. The number of amides is 1. The molecule has 2 rings (SSSR count). The number of hydrogen-bond acceptors (Lipinski definition) is 4. The molecule has 0 saturated carbocycles. The minimum Gasteiger partial charge on any atom is -0.466 e. The van der Waals surface area contributed by atoms with Crippen LogP contribution in [0.25, 0.3) is 11.1 Å². The van der Waals surface area contributed by atoms with Crippen LogP contribution < -0.4 is 0 Å². The number of benzene rings is 2. The molecule has 2 aromatic rings. The fourth-order valence-electron chi connectivity index (χ4n) is 3.08. The highest BCUT2D eigenvalue weighted by Gasteiger charge is 2.16. The Morgan fingerprint density at radius 2 is 1.76 bits per heavy atom. The lowest BCUT2D eigenvalue weighted by atomic mass is 9.99. The van der Waals surface area contributed by atoms with Crippen molar-refractivity contribution in [2.45, 2.75) is 46.1 Å². The van der Waals surface area contributed by atoms with Crippen LogP contribution in [-0.4, -0.2) is 29.9 Å². The first-order valence-electron chi connectivity index (χ1n) is 10.1. The van der Waals surface area contributed by atoms with Crippen molar-refractivity contribution in [3.05, 3.63) is 59.7 Å². The molecule has 2 aromatic carbocycles. The van der Waals surface area contributed by atoms with Gasteiger partial charge in [0.1, 0.15) is 0 Å². The third kappa shape index (κ3) is 6.76. The maximum Gasteiger partial charge on any atom is 0.307 e. The molecule has 0 aromatic heterocycles. The van der Waals surface area contributed by atoms with E-state index >= 15 is 0 Å². The second-order valence-electron chi connectivity index (χ2n) is 6.83. The van der Waals surface area contributed by atoms with Crippen molar-refractivity contribution in [2.24, 2.45) is 0 Å². The van der Waals surface area contributed by atoms with Crippen LogP contribution in [0.5, 0.6) is 0 Å². The van der Waals surface area contributed by atoms with E-state index in [1.807, 2.05) is 49.4 Å². The molecule has 0 radical (unpaired) electrons. The number of carbonyl (C=O) groups is 2. The minimum atomic E-state index is -0.288. The van der Waals surface area contributed by atoms with E-state index in [2.05, 4.69) is 6.07 Å². The molecule has 0 fully saturated rings. The summed E-state index contributed by atoms with van der Waals surface area (Å²) >= 11 is 0. The Kier molecular flexibility index (Phi) is 8.91. The van der Waals surface area contributed by atoms with Gasteiger partial charge in [-0.25, -0.2) is 0 Å². The zero-order valence-corrected chi connectivity index (χ0v) is 17.2. The molecule has 0 unspecified atom stereocenters. The zero-order chi connectivity index (χ0) is 21.1. The molecule has 0 bridgehead atoms. The molecule has 0 saturated heterocycles. The lowest BCUT2D eigenvalue weighted by Crippen LogP contribution is -2.32. The van der Waals surface area contributed by atoms with Crippen molar-refractivity contribution >= 4 is 11.9 Å². The molecule has 152 valence electrons. The van der Waals surface area contributed by atoms with Gasteiger partial charge in [0.05, 0.1) is 24.7 Å². The molecular weight excluding hydrogens is 364 g/mol. The highest BCUT2D eigenvalue weighted by Crippen LogP contribution is 2.24. The first-order valence-corrected chi connectivity index (χ1v) is 10.1. The number of ether oxygens (including phenoxy) is 1. The zero-order valence-electron chi connectivity index (χ0n) is 17.2. The Morgan fingerprint density at radius 3 is 2.41 bits per heavy atom. The van der Waals surface area contributed by atoms with E-state index in [9.17, 15) is 14.9 Å². The number of nitriles is 1. The van der Waals surface area contributed by atoms with E-state index in [0.29, 0.717) is 31.7 Å². The van der Waals surface area contributed by atoms with Gasteiger partial charge in [0, 0.05) is 19.5 Å². The number of nitrogens with zero attached hydrogens (tertiary/aromatic N) is 2. The molecule has 0 spiro atoms. The van der Waals surface area contributed by atoms with Gasteiger partial charge in [-0.15, -0.1) is 0 Å². The van der Waals surface area contributed by atoms with E-state index in [1.165, 1.54) is 0 Å². The molecular formula is C24H28N2O3. The fraction of sp³-hybridized carbons (Fsp3) is 0.375. The van der Waals surface area contributed by atoms with Crippen LogP contribution >= 0.6 is 0 Å². The highest BCUT2D eigenvalue weighted by atomic mass is 16.5. The van der Waals surface area contributed by atoms with Gasteiger partial charge < -0.3 is 9.64 Å². The molecule has 0 aliphatic rings. The van der Waals surface area contributed by atoms with E-state index in [0.717, 1.165) is 29.5 Å². The summed E-state index contributed by atoms with van der Waals surface area (Å²) in [5.74, 6) is -0.237. The number of esters is 1. The van der Waals surface area contributed by atoms with Crippen LogP contribution in [0.1, 0.15) is 50.7 Å². The third-order valence-electron chi connectivity index (χ3n) is 4.67. The summed E-state index contributed by atoms with van der Waals surface area (Å²) in [7, 11) is 0. The van der Waals surface area contributed by atoms with Crippen molar-refractivity contribution in [1.82, 2.24) is 4.90 Å². The summed E-state index contributed by atoms with van der Waals surface area (Å²) in [5, 5.41) is 9.30. The predicted octanol–water partition coefficient (Wildman–Crippen LogP) is 4.70. The molecule has 0 aliphatic carbocycles. The van der Waals surface area contributed by atoms with Crippen LogP contribution in [-0.2, 0) is 20.9 Å². The van der Waals surface area contributed by atoms with E-state index in [1.54, 1.807) is 17.9 Å². The van der Waals surface area contributed by atoms with Gasteiger partial charge in [0.25, 0.3) is 0 Å². The molecule has 5 nitrogen and oxygen atoms in total. The standard InChI is InChI=1S/C24H28N2O3/c1-3-5-10-23(27)26(16-15-24(28)29-4-2)18-19-11-13-20(14-12-19)22-9-7-6-8-21(22)17-25/h6-9,11-14H,3-5,10,15-16,18H2,1-2H3. The molecule has 0 atom stereocenters. The molecule has 0 aliphatic heterocycles. The Labute approximate surface area is 172 Å². The van der Waals surface area contributed by atoms with Crippen LogP contribution in [0.4, 0.5) is 0 Å². The largest absolute Gasteiger partial charge is 0.466 e. The Bertz CT molecular complexity index is 853. The highest BCUT2D eigenvalue weighted by molar-refractivity contribution is 5.77. The van der Waals surface area contributed by atoms with Crippen molar-refractivity contribution in [3.8, 4) is 17.2 Å². The van der Waals surface area contributed by atoms with E-state index < -0.39 is 0 Å². The average Bonchev–Trinajstić information content (AvgIpc) is 2.75. The van der Waals surface area contributed by atoms with Gasteiger partial charge >= 0.3 is 5.97 Å². The first kappa shape index (κ1) is 22.2. The van der Waals surface area contributed by atoms with E-state index in [4.69, 9.17) is 4.74 Å². The summed E-state index contributed by atoms with van der Waals surface area (Å²) in [6.07, 6.45) is 2.45. The molecule has 1 amide bonds. The maximum absolute atomic E-state index is 12.6. The van der Waals surface area contributed by atoms with Crippen molar-refractivity contribution < 1.29 is 14.3 Å². The predicted molar refractivity (Wildman–Crippen MR) is 113 cm³/mol. The number of hydrogen-bond donors (Lipinski definition) is 0. The van der Waals surface area contributed by atoms with Gasteiger partial charge in [-0.2, -0.15) is 5.26 Å². The van der Waals surface area contributed by atoms with Gasteiger partial charge in [-0.05, 0) is 36.1 Å². The number of unbranched alkanes of at least 4 members (excludes halogenated alkanes) is 1. The van der Waals surface area contributed by atoms with Crippen LogP contribution in [0.15, 0.2) is 48.5 Å². The summed E-state index contributed by atoms with van der Waals surface area (Å²) in [6.45, 7) is 4.96. The van der Waals surface area contributed by atoms with E-state index in [-0.39, 0.29) is 18.3 Å². The van der Waals surface area contributed by atoms with Crippen LogP contribution in [0.3, 0.4) is 0 Å². The van der Waals surface area contributed by atoms with Gasteiger partial charge in [0.15, 0.2) is 0 Å². The number of rotatable bonds is 10. The van der Waals surface area contributed by atoms with Crippen molar-refractivity contribution in [3.63, 3.8) is 0 Å². The normalized spacial score (nSPS) is 10.2. The SMILES string of the molecule is CCCCC(=O)N(CCC(=O)OCC)Cc1ccc(-c2ccccc2C#N)cc1. The van der Waals surface area contributed by atoms with Crippen molar-refractivity contribution in [1.29, 1.82) is 5.26 Å². The Balaban J connectivity index is 2.11. The second-order valence-corrected chi connectivity index (χ2v) is 6.83. The third-order valence-corrected chi connectivity index (χ3v) is 4.67. The maximum atomic E-state index is 12.6. The number of carbonyl (C=O) groups excluding carboxylic acids is 2. The summed E-state index contributed by atoms with van der Waals surface area (Å²) in [5.41, 5.74) is 3.46. The smallest absolute Gasteiger partial charge is 0.307 e. The van der Waals surface area contributed by atoms with Gasteiger partial charge in [0.2, 0.25) is 5.91 Å². The van der Waals surface area contributed by atoms with Crippen LogP contribution in [0, 0.1) is 11.3 Å². The summed E-state index contributed by atoms with van der Waals surface area (Å²) in [6, 6.07) is 17.6. The lowest BCUT2D eigenvalue weighted by Gasteiger charge is -2.23. The lowest BCUT2D eigenvalue weighted by molar-refractivity contribution is -0.144. The van der Waals surface area contributed by atoms with Gasteiger partial charge in [-0.1, -0.05) is 55.8 Å². The molecule has 5 heteroatoms. The molecule has 0 heterocycles. The summed E-state index contributed by atoms with van der Waals surface area (Å²) < 4.78 is 4.99. The monoisotopic (exact) mass is 392 g/mol. The topological polar surface area (TPSA) is 70.4 Å². The quantitative estimate of drug-likeness (QED) is 0.550. The second kappa shape index (κ2) is 11.7. The molecule has 0 N–H and O–H groups in total. The minimum absolute atomic E-state index is 0.0510. The summed E-state index contributed by atoms with van der Waals surface area (Å²) in [4.78, 5) is 26.0. The van der Waals surface area contributed by atoms with Crippen LogP contribution in [0.2, 0.25) is 0 Å². The fourth-order valence-corrected chi connectivity index (χ4v) is 3.08. The Hall–Kier alpha value is -3.13. The Morgan fingerprint density at radius 1 is 1.03 bits per heavy atom. The average molecular weight is 392 g/mol.